The number of benzene rings is 2. The lowest BCUT2D eigenvalue weighted by Crippen LogP contribution is -2.50. The van der Waals surface area contributed by atoms with Crippen LogP contribution in [-0.4, -0.2) is 54.7 Å². The zero-order valence-electron chi connectivity index (χ0n) is 22.1. The average Bonchev–Trinajstić information content (AvgIpc) is 3.15. The van der Waals surface area contributed by atoms with E-state index in [1.807, 2.05) is 44.2 Å². The summed E-state index contributed by atoms with van der Waals surface area (Å²) in [6, 6.07) is 14.9. The van der Waals surface area contributed by atoms with Crippen LogP contribution in [0.25, 0.3) is 10.2 Å². The molecule has 0 bridgehead atoms. The average molecular weight is 568 g/mol. The van der Waals surface area contributed by atoms with Gasteiger partial charge in [-0.3, -0.25) is 9.59 Å². The molecule has 2 amide bonds. The van der Waals surface area contributed by atoms with Crippen LogP contribution < -0.4 is 10.6 Å². The predicted molar refractivity (Wildman–Crippen MR) is 150 cm³/mol. The second-order valence-electron chi connectivity index (χ2n) is 10.2. The molecule has 1 fully saturated rings. The number of carbonyl (C=O) groups excluding carboxylic acids is 2. The van der Waals surface area contributed by atoms with E-state index in [9.17, 15) is 23.3 Å². The number of aromatic nitrogens is 1. The molecule has 11 heteroatoms. The molecule has 1 aliphatic heterocycles. The minimum atomic E-state index is -3.83. The summed E-state index contributed by atoms with van der Waals surface area (Å²) in [6.07, 6.45) is 2.20. The van der Waals surface area contributed by atoms with Crippen LogP contribution in [-0.2, 0) is 26.0 Å². The summed E-state index contributed by atoms with van der Waals surface area (Å²) in [5.41, 5.74) is 0.965. The maximum absolute atomic E-state index is 13.3. The lowest BCUT2D eigenvalue weighted by atomic mass is 10.0. The third kappa shape index (κ3) is 7.20. The molecule has 39 heavy (non-hydrogen) atoms. The summed E-state index contributed by atoms with van der Waals surface area (Å²) in [6.45, 7) is 4.52. The summed E-state index contributed by atoms with van der Waals surface area (Å²) in [4.78, 5) is 30.6. The van der Waals surface area contributed by atoms with Gasteiger partial charge in [0.25, 0.3) is 0 Å². The Bertz CT molecular complexity index is 1450. The number of amides is 2. The van der Waals surface area contributed by atoms with Gasteiger partial charge in [0.15, 0.2) is 0 Å². The van der Waals surface area contributed by atoms with Crippen molar-refractivity contribution in [2.45, 2.75) is 62.9 Å². The molecule has 3 aromatic rings. The Morgan fingerprint density at radius 2 is 1.87 bits per heavy atom. The second kappa shape index (κ2) is 12.7. The minimum absolute atomic E-state index is 0.00261. The molecule has 0 radical (unpaired) electrons. The van der Waals surface area contributed by atoms with E-state index in [-0.39, 0.29) is 47.2 Å². The van der Waals surface area contributed by atoms with E-state index in [0.29, 0.717) is 37.2 Å². The van der Waals surface area contributed by atoms with Crippen molar-refractivity contribution in [3.05, 3.63) is 59.1 Å². The van der Waals surface area contributed by atoms with Gasteiger partial charge in [-0.05, 0) is 55.9 Å². The van der Waals surface area contributed by atoms with Crippen LogP contribution in [0.5, 0.6) is 0 Å². The number of hydrogen-bond acceptors (Lipinski definition) is 7. The molecule has 0 spiro atoms. The first-order chi connectivity index (χ1) is 18.7. The van der Waals surface area contributed by atoms with Crippen molar-refractivity contribution < 1.29 is 18.0 Å². The van der Waals surface area contributed by atoms with E-state index in [2.05, 4.69) is 15.6 Å². The van der Waals surface area contributed by atoms with Crippen molar-refractivity contribution in [1.29, 1.82) is 5.26 Å². The largest absolute Gasteiger partial charge is 0.352 e. The van der Waals surface area contributed by atoms with E-state index in [4.69, 9.17) is 0 Å². The Morgan fingerprint density at radius 1 is 1.13 bits per heavy atom. The molecule has 9 nitrogen and oxygen atoms in total. The number of nitrogens with one attached hydrogen (secondary N) is 2. The van der Waals surface area contributed by atoms with Crippen LogP contribution in [0.3, 0.4) is 0 Å². The molecule has 0 aliphatic carbocycles. The summed E-state index contributed by atoms with van der Waals surface area (Å²) in [5.74, 6) is -0.347. The second-order valence-corrected chi connectivity index (χ2v) is 13.2. The standard InChI is InChI=1S/C28H33N5O4S2/c1-19(2)16-23(31-26(34)17-27-32-22-10-4-5-11-24(22)38-27)28(35)30-21-9-7-14-33(15-13-21)39(36,37)25-12-6-3-8-20(25)18-29/h3-6,8,10-12,19,21,23H,7,9,13-17H2,1-2H3,(H,30,35)(H,31,34)/t21-,23+/m1/s1. The van der Waals surface area contributed by atoms with E-state index in [0.717, 1.165) is 10.2 Å². The maximum atomic E-state index is 13.3. The van der Waals surface area contributed by atoms with Gasteiger partial charge in [0.2, 0.25) is 21.8 Å². The van der Waals surface area contributed by atoms with Crippen LogP contribution in [0.1, 0.15) is 50.1 Å². The molecule has 2 atom stereocenters. The topological polar surface area (TPSA) is 132 Å². The van der Waals surface area contributed by atoms with Crippen molar-refractivity contribution in [2.75, 3.05) is 13.1 Å². The molecule has 2 N–H and O–H groups in total. The highest BCUT2D eigenvalue weighted by molar-refractivity contribution is 7.89. The van der Waals surface area contributed by atoms with E-state index in [1.165, 1.54) is 27.8 Å². The Hall–Kier alpha value is -3.33. The number of thiazole rings is 1. The summed E-state index contributed by atoms with van der Waals surface area (Å²) >= 11 is 1.46. The summed E-state index contributed by atoms with van der Waals surface area (Å²) in [7, 11) is -3.83. The molecule has 206 valence electrons. The molecule has 0 unspecified atom stereocenters. The SMILES string of the molecule is CC(C)C[C@H](NC(=O)Cc1nc2ccccc2s1)C(=O)N[C@@H]1CCCN(S(=O)(=O)c2ccccc2C#N)CC1. The number of nitriles is 1. The van der Waals surface area contributed by atoms with Crippen molar-refractivity contribution in [3.63, 3.8) is 0 Å². The van der Waals surface area contributed by atoms with Crippen molar-refractivity contribution in [3.8, 4) is 6.07 Å². The number of nitrogens with zero attached hydrogens (tertiary/aromatic N) is 3. The van der Waals surface area contributed by atoms with Crippen molar-refractivity contribution >= 4 is 43.4 Å². The van der Waals surface area contributed by atoms with Gasteiger partial charge in [-0.2, -0.15) is 9.57 Å². The molecule has 1 saturated heterocycles. The van der Waals surface area contributed by atoms with E-state index >= 15 is 0 Å². The Kier molecular flexibility index (Phi) is 9.32. The molecule has 1 aliphatic rings. The number of hydrogen-bond donors (Lipinski definition) is 2. The van der Waals surface area contributed by atoms with Crippen LogP contribution >= 0.6 is 11.3 Å². The van der Waals surface area contributed by atoms with Gasteiger partial charge in [0.05, 0.1) is 27.1 Å². The summed E-state index contributed by atoms with van der Waals surface area (Å²) in [5, 5.41) is 16.0. The van der Waals surface area contributed by atoms with Crippen LogP contribution in [0, 0.1) is 17.2 Å². The van der Waals surface area contributed by atoms with Crippen LogP contribution in [0.15, 0.2) is 53.4 Å². The first kappa shape index (κ1) is 28.7. The minimum Gasteiger partial charge on any atom is -0.352 e. The fraction of sp³-hybridized carbons (Fsp3) is 0.429. The zero-order chi connectivity index (χ0) is 28.0. The molecule has 4 rings (SSSR count). The Labute approximate surface area is 233 Å². The third-order valence-electron chi connectivity index (χ3n) is 6.67. The fourth-order valence-electron chi connectivity index (χ4n) is 4.76. The highest BCUT2D eigenvalue weighted by Gasteiger charge is 2.31. The van der Waals surface area contributed by atoms with Crippen molar-refractivity contribution in [2.24, 2.45) is 5.92 Å². The highest BCUT2D eigenvalue weighted by Crippen LogP contribution is 2.24. The fourth-order valence-corrected chi connectivity index (χ4v) is 7.36. The number of carbonyl (C=O) groups is 2. The highest BCUT2D eigenvalue weighted by atomic mass is 32.2. The predicted octanol–water partition coefficient (Wildman–Crippen LogP) is 3.60. The molecule has 0 saturated carbocycles. The maximum Gasteiger partial charge on any atom is 0.244 e. The van der Waals surface area contributed by atoms with E-state index < -0.39 is 16.1 Å². The van der Waals surface area contributed by atoms with Gasteiger partial charge < -0.3 is 10.6 Å². The number of sulfonamides is 1. The van der Waals surface area contributed by atoms with Gasteiger partial charge >= 0.3 is 0 Å². The molecule has 1 aromatic heterocycles. The third-order valence-corrected chi connectivity index (χ3v) is 9.66. The van der Waals surface area contributed by atoms with Gasteiger partial charge in [-0.25, -0.2) is 13.4 Å². The monoisotopic (exact) mass is 567 g/mol. The normalized spacial score (nSPS) is 17.3. The molecular formula is C28H33N5O4S2. The Balaban J connectivity index is 1.37. The molecular weight excluding hydrogens is 534 g/mol. The number of fused-ring (bicyclic) bond motifs is 1. The molecule has 2 aromatic carbocycles. The molecule has 2 heterocycles. The Morgan fingerprint density at radius 3 is 2.62 bits per heavy atom. The van der Waals surface area contributed by atoms with E-state index in [1.54, 1.807) is 12.1 Å². The summed E-state index contributed by atoms with van der Waals surface area (Å²) < 4.78 is 28.9. The van der Waals surface area contributed by atoms with Gasteiger partial charge in [0, 0.05) is 19.1 Å². The first-order valence-corrected chi connectivity index (χ1v) is 15.4. The first-order valence-electron chi connectivity index (χ1n) is 13.1. The van der Waals surface area contributed by atoms with Gasteiger partial charge in [-0.15, -0.1) is 11.3 Å². The van der Waals surface area contributed by atoms with Crippen molar-refractivity contribution in [1.82, 2.24) is 19.9 Å². The smallest absolute Gasteiger partial charge is 0.244 e. The van der Waals surface area contributed by atoms with Crippen LogP contribution in [0.4, 0.5) is 0 Å². The lowest BCUT2D eigenvalue weighted by molar-refractivity contribution is -0.129. The number of para-hydroxylation sites is 1. The quantitative estimate of drug-likeness (QED) is 0.406. The lowest BCUT2D eigenvalue weighted by Gasteiger charge is -2.24. The van der Waals surface area contributed by atoms with Gasteiger partial charge in [0.1, 0.15) is 17.1 Å². The zero-order valence-corrected chi connectivity index (χ0v) is 23.7. The van der Waals surface area contributed by atoms with Gasteiger partial charge in [-0.1, -0.05) is 38.1 Å². The number of rotatable bonds is 9. The van der Waals surface area contributed by atoms with Crippen LogP contribution in [0.2, 0.25) is 0 Å².